The van der Waals surface area contributed by atoms with E-state index in [1.54, 1.807) is 11.8 Å². The molecule has 24 heavy (non-hydrogen) atoms. The predicted octanol–water partition coefficient (Wildman–Crippen LogP) is 3.14. The number of aryl methyl sites for hydroxylation is 1. The van der Waals surface area contributed by atoms with Gasteiger partial charge in [0.1, 0.15) is 6.10 Å². The Labute approximate surface area is 145 Å². The van der Waals surface area contributed by atoms with Crippen molar-refractivity contribution in [2.45, 2.75) is 31.8 Å². The third-order valence-electron chi connectivity index (χ3n) is 4.27. The molecule has 1 unspecified atom stereocenters. The van der Waals surface area contributed by atoms with Crippen LogP contribution in [0.5, 0.6) is 11.5 Å². The van der Waals surface area contributed by atoms with E-state index in [-0.39, 0.29) is 12.9 Å². The van der Waals surface area contributed by atoms with E-state index in [0.29, 0.717) is 0 Å². The fourth-order valence-corrected chi connectivity index (χ4v) is 3.41. The van der Waals surface area contributed by atoms with E-state index in [0.717, 1.165) is 60.5 Å². The minimum atomic E-state index is 0.0136. The maximum atomic E-state index is 5.95. The lowest BCUT2D eigenvalue weighted by molar-refractivity contribution is 0.00817. The number of thioether (sulfide) groups is 1. The van der Waals surface area contributed by atoms with Gasteiger partial charge in [0.25, 0.3) is 0 Å². The first kappa shape index (κ1) is 15.8. The molecule has 1 saturated heterocycles. The third-order valence-corrected chi connectivity index (χ3v) is 4.89. The molecule has 3 heterocycles. The van der Waals surface area contributed by atoms with Crippen LogP contribution in [0.15, 0.2) is 18.2 Å². The topological polar surface area (TPSA) is 58.4 Å². The molecule has 2 aromatic rings. The van der Waals surface area contributed by atoms with E-state index in [1.807, 2.05) is 22.9 Å². The van der Waals surface area contributed by atoms with Crippen LogP contribution < -0.4 is 9.47 Å². The van der Waals surface area contributed by atoms with Crippen LogP contribution in [0.3, 0.4) is 0 Å². The Kier molecular flexibility index (Phi) is 4.62. The Bertz CT molecular complexity index is 713. The SMILES string of the molecule is CSCCc1nc(C2CCCCO2)n(-c2ccc3c(c2)OCO3)n1. The van der Waals surface area contributed by atoms with Gasteiger partial charge in [-0.2, -0.15) is 16.9 Å². The monoisotopic (exact) mass is 347 g/mol. The molecule has 0 spiro atoms. The van der Waals surface area contributed by atoms with Crippen molar-refractivity contribution in [3.05, 3.63) is 29.8 Å². The highest BCUT2D eigenvalue weighted by Gasteiger charge is 2.25. The Morgan fingerprint density at radius 3 is 3.00 bits per heavy atom. The summed E-state index contributed by atoms with van der Waals surface area (Å²) in [6.45, 7) is 1.06. The first-order valence-corrected chi connectivity index (χ1v) is 9.71. The number of ether oxygens (including phenoxy) is 3. The van der Waals surface area contributed by atoms with Gasteiger partial charge in [-0.15, -0.1) is 0 Å². The van der Waals surface area contributed by atoms with Gasteiger partial charge in [-0.05, 0) is 37.7 Å². The highest BCUT2D eigenvalue weighted by molar-refractivity contribution is 7.98. The van der Waals surface area contributed by atoms with Crippen LogP contribution in [0.1, 0.15) is 37.0 Å². The van der Waals surface area contributed by atoms with E-state index in [4.69, 9.17) is 24.3 Å². The number of benzene rings is 1. The van der Waals surface area contributed by atoms with Crippen molar-refractivity contribution in [2.75, 3.05) is 25.4 Å². The number of rotatable bonds is 5. The zero-order chi connectivity index (χ0) is 16.4. The van der Waals surface area contributed by atoms with Gasteiger partial charge in [-0.25, -0.2) is 9.67 Å². The molecule has 7 heteroatoms. The number of aromatic nitrogens is 3. The maximum Gasteiger partial charge on any atom is 0.231 e. The predicted molar refractivity (Wildman–Crippen MR) is 92.1 cm³/mol. The quantitative estimate of drug-likeness (QED) is 0.828. The van der Waals surface area contributed by atoms with Crippen LogP contribution in [0.4, 0.5) is 0 Å². The van der Waals surface area contributed by atoms with Crippen LogP contribution in [-0.2, 0) is 11.2 Å². The van der Waals surface area contributed by atoms with Gasteiger partial charge >= 0.3 is 0 Å². The molecule has 0 bridgehead atoms. The van der Waals surface area contributed by atoms with Gasteiger partial charge in [0.05, 0.1) is 5.69 Å². The molecule has 0 N–H and O–H groups in total. The van der Waals surface area contributed by atoms with Crippen molar-refractivity contribution in [3.63, 3.8) is 0 Å². The molecule has 1 aromatic carbocycles. The number of hydrogen-bond donors (Lipinski definition) is 0. The molecule has 0 radical (unpaired) electrons. The number of nitrogens with zero attached hydrogens (tertiary/aromatic N) is 3. The minimum Gasteiger partial charge on any atom is -0.454 e. The van der Waals surface area contributed by atoms with Gasteiger partial charge in [0, 0.05) is 24.8 Å². The number of hydrogen-bond acceptors (Lipinski definition) is 6. The molecule has 2 aliphatic rings. The Hall–Kier alpha value is -1.73. The van der Waals surface area contributed by atoms with E-state index in [2.05, 4.69) is 6.26 Å². The molecule has 0 saturated carbocycles. The lowest BCUT2D eigenvalue weighted by Gasteiger charge is -2.22. The molecule has 1 atom stereocenters. The van der Waals surface area contributed by atoms with Crippen molar-refractivity contribution in [2.24, 2.45) is 0 Å². The van der Waals surface area contributed by atoms with Crippen molar-refractivity contribution >= 4 is 11.8 Å². The summed E-state index contributed by atoms with van der Waals surface area (Å²) < 4.78 is 18.8. The average Bonchev–Trinajstić information content (AvgIpc) is 3.26. The molecular formula is C17H21N3O3S. The highest BCUT2D eigenvalue weighted by atomic mass is 32.2. The molecule has 4 rings (SSSR count). The molecule has 1 fully saturated rings. The highest BCUT2D eigenvalue weighted by Crippen LogP contribution is 2.35. The van der Waals surface area contributed by atoms with Crippen molar-refractivity contribution in [1.82, 2.24) is 14.8 Å². The van der Waals surface area contributed by atoms with Crippen LogP contribution in [-0.4, -0.2) is 40.2 Å². The molecule has 0 aliphatic carbocycles. The van der Waals surface area contributed by atoms with Crippen LogP contribution in [0, 0.1) is 0 Å². The molecule has 2 aliphatic heterocycles. The fraction of sp³-hybridized carbons (Fsp3) is 0.529. The summed E-state index contributed by atoms with van der Waals surface area (Å²) in [7, 11) is 0. The van der Waals surface area contributed by atoms with E-state index in [1.165, 1.54) is 6.42 Å². The summed E-state index contributed by atoms with van der Waals surface area (Å²) in [6.07, 6.45) is 6.25. The average molecular weight is 347 g/mol. The first-order valence-electron chi connectivity index (χ1n) is 8.31. The van der Waals surface area contributed by atoms with Crippen molar-refractivity contribution in [1.29, 1.82) is 0 Å². The summed E-state index contributed by atoms with van der Waals surface area (Å²) >= 11 is 1.80. The standard InChI is InChI=1S/C17H21N3O3S/c1-24-9-7-16-18-17(14-4-2-3-8-21-14)20(19-16)12-5-6-13-15(10-12)23-11-22-13/h5-6,10,14H,2-4,7-9,11H2,1H3. The second-order valence-electron chi connectivity index (χ2n) is 5.93. The Morgan fingerprint density at radius 2 is 2.17 bits per heavy atom. The molecular weight excluding hydrogens is 326 g/mol. The maximum absolute atomic E-state index is 5.95. The van der Waals surface area contributed by atoms with Gasteiger partial charge in [-0.1, -0.05) is 0 Å². The van der Waals surface area contributed by atoms with Gasteiger partial charge in [0.2, 0.25) is 6.79 Å². The zero-order valence-corrected chi connectivity index (χ0v) is 14.6. The minimum absolute atomic E-state index is 0.0136. The van der Waals surface area contributed by atoms with Crippen LogP contribution >= 0.6 is 11.8 Å². The van der Waals surface area contributed by atoms with Crippen molar-refractivity contribution in [3.8, 4) is 17.2 Å². The van der Waals surface area contributed by atoms with E-state index in [9.17, 15) is 0 Å². The lowest BCUT2D eigenvalue weighted by atomic mass is 10.1. The molecule has 6 nitrogen and oxygen atoms in total. The summed E-state index contributed by atoms with van der Waals surface area (Å²) in [5, 5.41) is 4.73. The largest absolute Gasteiger partial charge is 0.454 e. The zero-order valence-electron chi connectivity index (χ0n) is 13.7. The third kappa shape index (κ3) is 3.10. The fourth-order valence-electron chi connectivity index (χ4n) is 3.03. The van der Waals surface area contributed by atoms with Gasteiger partial charge in [0.15, 0.2) is 23.1 Å². The summed E-state index contributed by atoms with van der Waals surface area (Å²) in [4.78, 5) is 4.78. The number of fused-ring (bicyclic) bond motifs is 1. The van der Waals surface area contributed by atoms with E-state index < -0.39 is 0 Å². The summed E-state index contributed by atoms with van der Waals surface area (Å²) in [5.41, 5.74) is 0.936. The smallest absolute Gasteiger partial charge is 0.231 e. The van der Waals surface area contributed by atoms with Crippen LogP contribution in [0.25, 0.3) is 5.69 Å². The second-order valence-corrected chi connectivity index (χ2v) is 6.92. The summed E-state index contributed by atoms with van der Waals surface area (Å²) in [5.74, 6) is 4.30. The molecule has 1 aromatic heterocycles. The molecule has 128 valence electrons. The van der Waals surface area contributed by atoms with Gasteiger partial charge < -0.3 is 14.2 Å². The Balaban J connectivity index is 1.70. The van der Waals surface area contributed by atoms with Gasteiger partial charge in [-0.3, -0.25) is 0 Å². The molecule has 0 amide bonds. The lowest BCUT2D eigenvalue weighted by Crippen LogP contribution is -2.16. The van der Waals surface area contributed by atoms with E-state index >= 15 is 0 Å². The second kappa shape index (κ2) is 7.03. The normalized spacial score (nSPS) is 19.6. The van der Waals surface area contributed by atoms with Crippen LogP contribution in [0.2, 0.25) is 0 Å². The van der Waals surface area contributed by atoms with Crippen molar-refractivity contribution < 1.29 is 14.2 Å². The Morgan fingerprint density at radius 1 is 1.25 bits per heavy atom. The first-order chi connectivity index (χ1) is 11.8. The summed E-state index contributed by atoms with van der Waals surface area (Å²) in [6, 6.07) is 5.88.